The SMILES string of the molecule is Cc1cccc(OC(=O)c2cc([N+](=O)[O-])ccc2N2CCOCC2)c1. The van der Waals surface area contributed by atoms with Gasteiger partial charge in [-0.05, 0) is 30.7 Å². The molecule has 0 bridgehead atoms. The molecular formula is C18H18N2O5. The van der Waals surface area contributed by atoms with Gasteiger partial charge in [-0.25, -0.2) is 4.79 Å². The predicted molar refractivity (Wildman–Crippen MR) is 92.3 cm³/mol. The number of benzene rings is 2. The summed E-state index contributed by atoms with van der Waals surface area (Å²) in [6, 6.07) is 11.4. The van der Waals surface area contributed by atoms with Gasteiger partial charge in [0.05, 0.1) is 29.4 Å². The van der Waals surface area contributed by atoms with Crippen molar-refractivity contribution >= 4 is 17.3 Å². The van der Waals surface area contributed by atoms with Crippen molar-refractivity contribution in [3.8, 4) is 5.75 Å². The zero-order valence-corrected chi connectivity index (χ0v) is 13.8. The Balaban J connectivity index is 1.94. The molecule has 2 aromatic carbocycles. The molecule has 0 atom stereocenters. The number of carbonyl (C=O) groups excluding carboxylic acids is 1. The van der Waals surface area contributed by atoms with Crippen LogP contribution in [-0.2, 0) is 4.74 Å². The molecule has 0 amide bonds. The topological polar surface area (TPSA) is 81.9 Å². The Labute approximate surface area is 144 Å². The number of rotatable bonds is 4. The number of carbonyl (C=O) groups is 1. The number of anilines is 1. The molecule has 0 saturated carbocycles. The monoisotopic (exact) mass is 342 g/mol. The number of morpholine rings is 1. The van der Waals surface area contributed by atoms with E-state index in [-0.39, 0.29) is 11.3 Å². The standard InChI is InChI=1S/C18H18N2O5/c1-13-3-2-4-15(11-13)25-18(21)16-12-14(20(22)23)5-6-17(16)19-7-9-24-10-8-19/h2-6,11-12H,7-10H2,1H3. The van der Waals surface area contributed by atoms with Crippen LogP contribution in [0.1, 0.15) is 15.9 Å². The highest BCUT2D eigenvalue weighted by molar-refractivity contribution is 5.98. The van der Waals surface area contributed by atoms with Crippen molar-refractivity contribution < 1.29 is 19.2 Å². The van der Waals surface area contributed by atoms with Crippen molar-refractivity contribution in [2.24, 2.45) is 0 Å². The lowest BCUT2D eigenvalue weighted by molar-refractivity contribution is -0.384. The smallest absolute Gasteiger partial charge is 0.345 e. The predicted octanol–water partition coefficient (Wildman–Crippen LogP) is 2.96. The molecule has 7 nitrogen and oxygen atoms in total. The van der Waals surface area contributed by atoms with E-state index >= 15 is 0 Å². The minimum atomic E-state index is -0.615. The maximum Gasteiger partial charge on any atom is 0.345 e. The van der Waals surface area contributed by atoms with E-state index in [0.29, 0.717) is 37.7 Å². The zero-order chi connectivity index (χ0) is 17.8. The molecule has 1 fully saturated rings. The number of hydrogen-bond acceptors (Lipinski definition) is 6. The molecule has 25 heavy (non-hydrogen) atoms. The Hall–Kier alpha value is -2.93. The highest BCUT2D eigenvalue weighted by Crippen LogP contribution is 2.28. The molecule has 1 saturated heterocycles. The van der Waals surface area contributed by atoms with Crippen molar-refractivity contribution in [3.63, 3.8) is 0 Å². The Morgan fingerprint density at radius 3 is 2.64 bits per heavy atom. The minimum absolute atomic E-state index is 0.145. The number of hydrogen-bond donors (Lipinski definition) is 0. The van der Waals surface area contributed by atoms with E-state index in [1.807, 2.05) is 17.9 Å². The Bertz CT molecular complexity index is 800. The average Bonchev–Trinajstić information content (AvgIpc) is 2.62. The maximum atomic E-state index is 12.7. The van der Waals surface area contributed by atoms with Crippen LogP contribution >= 0.6 is 0 Å². The van der Waals surface area contributed by atoms with Crippen LogP contribution in [0.3, 0.4) is 0 Å². The van der Waals surface area contributed by atoms with Gasteiger partial charge in [0.1, 0.15) is 5.75 Å². The molecule has 0 unspecified atom stereocenters. The molecular weight excluding hydrogens is 324 g/mol. The van der Waals surface area contributed by atoms with Gasteiger partial charge in [-0.2, -0.15) is 0 Å². The van der Waals surface area contributed by atoms with Gasteiger partial charge in [-0.1, -0.05) is 12.1 Å². The van der Waals surface area contributed by atoms with Crippen molar-refractivity contribution in [1.82, 2.24) is 0 Å². The third-order valence-electron chi connectivity index (χ3n) is 3.96. The summed E-state index contributed by atoms with van der Waals surface area (Å²) < 4.78 is 10.8. The van der Waals surface area contributed by atoms with Crippen LogP contribution < -0.4 is 9.64 Å². The third kappa shape index (κ3) is 3.95. The summed E-state index contributed by atoms with van der Waals surface area (Å²) in [6.45, 7) is 4.21. The molecule has 0 aromatic heterocycles. The summed E-state index contributed by atoms with van der Waals surface area (Å²) in [7, 11) is 0. The minimum Gasteiger partial charge on any atom is -0.423 e. The highest BCUT2D eigenvalue weighted by atomic mass is 16.6. The van der Waals surface area contributed by atoms with Crippen LogP contribution in [0.4, 0.5) is 11.4 Å². The Kier molecular flexibility index (Phi) is 4.95. The van der Waals surface area contributed by atoms with Gasteiger partial charge < -0.3 is 14.4 Å². The number of aryl methyl sites for hydroxylation is 1. The lowest BCUT2D eigenvalue weighted by Gasteiger charge is -2.30. The van der Waals surface area contributed by atoms with Gasteiger partial charge in [0.15, 0.2) is 0 Å². The van der Waals surface area contributed by atoms with Gasteiger partial charge in [-0.15, -0.1) is 0 Å². The van der Waals surface area contributed by atoms with Gasteiger partial charge in [0.2, 0.25) is 0 Å². The van der Waals surface area contributed by atoms with E-state index in [1.54, 1.807) is 24.3 Å². The second kappa shape index (κ2) is 7.31. The highest BCUT2D eigenvalue weighted by Gasteiger charge is 2.23. The summed E-state index contributed by atoms with van der Waals surface area (Å²) in [5, 5.41) is 11.1. The zero-order valence-electron chi connectivity index (χ0n) is 13.8. The molecule has 130 valence electrons. The number of non-ortho nitro benzene ring substituents is 1. The fourth-order valence-corrected chi connectivity index (χ4v) is 2.72. The second-order valence-electron chi connectivity index (χ2n) is 5.76. The molecule has 2 aromatic rings. The van der Waals surface area contributed by atoms with Crippen LogP contribution in [0, 0.1) is 17.0 Å². The van der Waals surface area contributed by atoms with Crippen LogP contribution in [0.15, 0.2) is 42.5 Å². The summed E-state index contributed by atoms with van der Waals surface area (Å²) >= 11 is 0. The number of esters is 1. The summed E-state index contributed by atoms with van der Waals surface area (Å²) in [5.41, 5.74) is 1.61. The van der Waals surface area contributed by atoms with E-state index < -0.39 is 10.9 Å². The van der Waals surface area contributed by atoms with Crippen molar-refractivity contribution in [2.75, 3.05) is 31.2 Å². The van der Waals surface area contributed by atoms with Gasteiger partial charge in [-0.3, -0.25) is 10.1 Å². The maximum absolute atomic E-state index is 12.7. The first kappa shape index (κ1) is 16.9. The molecule has 1 heterocycles. The Morgan fingerprint density at radius 2 is 1.96 bits per heavy atom. The fourth-order valence-electron chi connectivity index (χ4n) is 2.72. The van der Waals surface area contributed by atoms with Gasteiger partial charge in [0.25, 0.3) is 5.69 Å². The summed E-state index contributed by atoms with van der Waals surface area (Å²) in [5.74, 6) is -0.208. The van der Waals surface area contributed by atoms with Crippen LogP contribution in [0.25, 0.3) is 0 Å². The first-order valence-corrected chi connectivity index (χ1v) is 7.94. The second-order valence-corrected chi connectivity index (χ2v) is 5.76. The Morgan fingerprint density at radius 1 is 1.20 bits per heavy atom. The van der Waals surface area contributed by atoms with Crippen molar-refractivity contribution in [3.05, 3.63) is 63.7 Å². The lowest BCUT2D eigenvalue weighted by atomic mass is 10.1. The molecule has 0 N–H and O–H groups in total. The van der Waals surface area contributed by atoms with E-state index in [2.05, 4.69) is 0 Å². The lowest BCUT2D eigenvalue weighted by Crippen LogP contribution is -2.37. The van der Waals surface area contributed by atoms with Gasteiger partial charge in [0, 0.05) is 25.2 Å². The van der Waals surface area contributed by atoms with Crippen LogP contribution in [0.2, 0.25) is 0 Å². The molecule has 7 heteroatoms. The molecule has 1 aliphatic rings. The number of nitrogens with zero attached hydrogens (tertiary/aromatic N) is 2. The third-order valence-corrected chi connectivity index (χ3v) is 3.96. The number of ether oxygens (including phenoxy) is 2. The quantitative estimate of drug-likeness (QED) is 0.368. The van der Waals surface area contributed by atoms with E-state index in [1.165, 1.54) is 12.1 Å². The van der Waals surface area contributed by atoms with Gasteiger partial charge >= 0.3 is 5.97 Å². The normalized spacial score (nSPS) is 14.2. The van der Waals surface area contributed by atoms with E-state index in [0.717, 1.165) is 5.56 Å². The molecule has 0 radical (unpaired) electrons. The molecule has 0 aliphatic carbocycles. The fraction of sp³-hybridized carbons (Fsp3) is 0.278. The first-order valence-electron chi connectivity index (χ1n) is 7.94. The molecule has 1 aliphatic heterocycles. The average molecular weight is 342 g/mol. The molecule has 0 spiro atoms. The first-order chi connectivity index (χ1) is 12.0. The number of nitro benzene ring substituents is 1. The molecule has 3 rings (SSSR count). The van der Waals surface area contributed by atoms with Crippen molar-refractivity contribution in [2.45, 2.75) is 6.92 Å². The number of nitro groups is 1. The van der Waals surface area contributed by atoms with E-state index in [9.17, 15) is 14.9 Å². The van der Waals surface area contributed by atoms with Crippen LogP contribution in [-0.4, -0.2) is 37.2 Å². The summed E-state index contributed by atoms with van der Waals surface area (Å²) in [6.07, 6.45) is 0. The van der Waals surface area contributed by atoms with E-state index in [4.69, 9.17) is 9.47 Å². The van der Waals surface area contributed by atoms with Crippen LogP contribution in [0.5, 0.6) is 5.75 Å². The summed E-state index contributed by atoms with van der Waals surface area (Å²) in [4.78, 5) is 25.2. The van der Waals surface area contributed by atoms with Crippen molar-refractivity contribution in [1.29, 1.82) is 0 Å². The largest absolute Gasteiger partial charge is 0.423 e.